The lowest BCUT2D eigenvalue weighted by molar-refractivity contribution is -0.126. The smallest absolute Gasteiger partial charge is 0.223 e. The van der Waals surface area contributed by atoms with Crippen LogP contribution in [0.25, 0.3) is 0 Å². The van der Waals surface area contributed by atoms with E-state index in [2.05, 4.69) is 17.6 Å². The standard InChI is InChI=1S/C18H26N2O2.ClH/c1-13-10-15(8-9-19-13)18(21)20-11-16-4-2-3-5-17(16)22-12-14-6-7-14;/h2-5,13-15,19H,6-12H2,1H3,(H,20,21);1H/t13-,15-;/m0./s1. The average Bonchev–Trinajstić information content (AvgIpc) is 3.35. The maximum absolute atomic E-state index is 12.3. The van der Waals surface area contributed by atoms with Gasteiger partial charge in [0.25, 0.3) is 0 Å². The summed E-state index contributed by atoms with van der Waals surface area (Å²) in [4.78, 5) is 12.3. The molecule has 4 nitrogen and oxygen atoms in total. The second-order valence-corrected chi connectivity index (χ2v) is 6.66. The SMILES string of the molecule is C[C@H]1C[C@@H](C(=O)NCc2ccccc2OCC2CC2)CCN1.Cl. The minimum Gasteiger partial charge on any atom is -0.493 e. The van der Waals surface area contributed by atoms with Gasteiger partial charge in [0.05, 0.1) is 6.61 Å². The highest BCUT2D eigenvalue weighted by Crippen LogP contribution is 2.30. The summed E-state index contributed by atoms with van der Waals surface area (Å²) >= 11 is 0. The molecule has 128 valence electrons. The van der Waals surface area contributed by atoms with Gasteiger partial charge in [-0.2, -0.15) is 0 Å². The molecule has 1 aromatic rings. The molecule has 1 aliphatic heterocycles. The summed E-state index contributed by atoms with van der Waals surface area (Å²) < 4.78 is 5.89. The Morgan fingerprint density at radius 2 is 2.09 bits per heavy atom. The maximum Gasteiger partial charge on any atom is 0.223 e. The molecule has 5 heteroatoms. The van der Waals surface area contributed by atoms with Crippen LogP contribution in [0.4, 0.5) is 0 Å². The summed E-state index contributed by atoms with van der Waals surface area (Å²) in [5, 5.41) is 6.47. The second kappa shape index (κ2) is 8.55. The maximum atomic E-state index is 12.3. The Morgan fingerprint density at radius 3 is 2.83 bits per heavy atom. The van der Waals surface area contributed by atoms with Crippen molar-refractivity contribution in [3.05, 3.63) is 29.8 Å². The molecule has 2 atom stereocenters. The molecule has 2 N–H and O–H groups in total. The lowest BCUT2D eigenvalue weighted by atomic mass is 9.92. The summed E-state index contributed by atoms with van der Waals surface area (Å²) in [7, 11) is 0. The first kappa shape index (κ1) is 18.1. The monoisotopic (exact) mass is 338 g/mol. The predicted octanol–water partition coefficient (Wildman–Crippen LogP) is 2.90. The van der Waals surface area contributed by atoms with Crippen molar-refractivity contribution in [3.63, 3.8) is 0 Å². The summed E-state index contributed by atoms with van der Waals surface area (Å²) in [6.45, 7) is 4.43. The van der Waals surface area contributed by atoms with Crippen LogP contribution in [0.1, 0.15) is 38.2 Å². The van der Waals surface area contributed by atoms with Gasteiger partial charge in [0.2, 0.25) is 5.91 Å². The Balaban J connectivity index is 0.00000192. The number of benzene rings is 1. The van der Waals surface area contributed by atoms with Crippen LogP contribution >= 0.6 is 12.4 Å². The molecule has 23 heavy (non-hydrogen) atoms. The molecule has 1 aliphatic carbocycles. The Labute approximate surface area is 144 Å². The third-order valence-electron chi connectivity index (χ3n) is 4.59. The number of piperidine rings is 1. The van der Waals surface area contributed by atoms with Crippen molar-refractivity contribution in [1.82, 2.24) is 10.6 Å². The van der Waals surface area contributed by atoms with Crippen LogP contribution in [-0.4, -0.2) is 25.1 Å². The molecule has 2 aliphatic rings. The zero-order chi connectivity index (χ0) is 15.4. The van der Waals surface area contributed by atoms with Gasteiger partial charge in [0.15, 0.2) is 0 Å². The number of amides is 1. The largest absolute Gasteiger partial charge is 0.493 e. The molecule has 0 radical (unpaired) electrons. The molecule has 1 amide bonds. The van der Waals surface area contributed by atoms with Crippen molar-refractivity contribution < 1.29 is 9.53 Å². The number of halogens is 1. The molecule has 0 bridgehead atoms. The van der Waals surface area contributed by atoms with Gasteiger partial charge in [-0.25, -0.2) is 0 Å². The fourth-order valence-corrected chi connectivity index (χ4v) is 2.98. The first-order valence-corrected chi connectivity index (χ1v) is 8.44. The minimum atomic E-state index is 0. The van der Waals surface area contributed by atoms with Gasteiger partial charge < -0.3 is 15.4 Å². The molecule has 1 aromatic carbocycles. The van der Waals surface area contributed by atoms with Crippen LogP contribution in [0.2, 0.25) is 0 Å². The van der Waals surface area contributed by atoms with Gasteiger partial charge in [0, 0.05) is 24.1 Å². The number of hydrogen-bond acceptors (Lipinski definition) is 3. The van der Waals surface area contributed by atoms with E-state index in [0.29, 0.717) is 12.6 Å². The number of carbonyl (C=O) groups is 1. The Bertz CT molecular complexity index is 519. The zero-order valence-corrected chi connectivity index (χ0v) is 14.5. The van der Waals surface area contributed by atoms with E-state index in [9.17, 15) is 4.79 Å². The molecule has 1 saturated heterocycles. The van der Waals surface area contributed by atoms with Gasteiger partial charge >= 0.3 is 0 Å². The average molecular weight is 339 g/mol. The van der Waals surface area contributed by atoms with E-state index in [1.807, 2.05) is 24.3 Å². The number of rotatable bonds is 6. The van der Waals surface area contributed by atoms with Crippen molar-refractivity contribution >= 4 is 18.3 Å². The number of ether oxygens (including phenoxy) is 1. The molecule has 0 spiro atoms. The van der Waals surface area contributed by atoms with E-state index >= 15 is 0 Å². The highest BCUT2D eigenvalue weighted by atomic mass is 35.5. The van der Waals surface area contributed by atoms with E-state index in [0.717, 1.165) is 43.2 Å². The normalized spacial score (nSPS) is 23.7. The fourth-order valence-electron chi connectivity index (χ4n) is 2.98. The number of hydrogen-bond donors (Lipinski definition) is 2. The number of para-hydroxylation sites is 1. The minimum absolute atomic E-state index is 0. The third kappa shape index (κ3) is 5.40. The molecule has 0 unspecified atom stereocenters. The molecule has 0 aromatic heterocycles. The van der Waals surface area contributed by atoms with E-state index in [-0.39, 0.29) is 24.2 Å². The quantitative estimate of drug-likeness (QED) is 0.838. The Hall–Kier alpha value is -1.26. The fraction of sp³-hybridized carbons (Fsp3) is 0.611. The van der Waals surface area contributed by atoms with Gasteiger partial charge in [-0.15, -0.1) is 12.4 Å². The topological polar surface area (TPSA) is 50.4 Å². The number of nitrogens with one attached hydrogen (secondary N) is 2. The molecular formula is C18H27ClN2O2. The summed E-state index contributed by atoms with van der Waals surface area (Å²) in [6, 6.07) is 8.45. The van der Waals surface area contributed by atoms with Crippen molar-refractivity contribution in [1.29, 1.82) is 0 Å². The van der Waals surface area contributed by atoms with Crippen LogP contribution in [0.15, 0.2) is 24.3 Å². The first-order valence-electron chi connectivity index (χ1n) is 8.44. The molecular weight excluding hydrogens is 312 g/mol. The van der Waals surface area contributed by atoms with Crippen LogP contribution in [0.3, 0.4) is 0 Å². The van der Waals surface area contributed by atoms with Gasteiger partial charge in [-0.3, -0.25) is 4.79 Å². The van der Waals surface area contributed by atoms with Crippen molar-refractivity contribution in [2.75, 3.05) is 13.2 Å². The number of carbonyl (C=O) groups excluding carboxylic acids is 1. The van der Waals surface area contributed by atoms with Crippen LogP contribution in [-0.2, 0) is 11.3 Å². The van der Waals surface area contributed by atoms with E-state index < -0.39 is 0 Å². The lowest BCUT2D eigenvalue weighted by Crippen LogP contribution is -2.42. The van der Waals surface area contributed by atoms with E-state index in [1.54, 1.807) is 0 Å². The summed E-state index contributed by atoms with van der Waals surface area (Å²) in [5.41, 5.74) is 1.07. The van der Waals surface area contributed by atoms with Gasteiger partial charge in [-0.1, -0.05) is 18.2 Å². The van der Waals surface area contributed by atoms with Crippen molar-refractivity contribution in [2.45, 2.75) is 45.2 Å². The molecule has 2 fully saturated rings. The van der Waals surface area contributed by atoms with E-state index in [4.69, 9.17) is 4.74 Å². The van der Waals surface area contributed by atoms with Crippen LogP contribution in [0, 0.1) is 11.8 Å². The molecule has 3 rings (SSSR count). The second-order valence-electron chi connectivity index (χ2n) is 6.66. The van der Waals surface area contributed by atoms with Gasteiger partial charge in [0.1, 0.15) is 5.75 Å². The Kier molecular flexibility index (Phi) is 6.72. The van der Waals surface area contributed by atoms with Crippen molar-refractivity contribution in [3.8, 4) is 5.75 Å². The highest BCUT2D eigenvalue weighted by Gasteiger charge is 2.25. The van der Waals surface area contributed by atoms with Crippen LogP contribution < -0.4 is 15.4 Å². The van der Waals surface area contributed by atoms with Crippen molar-refractivity contribution in [2.24, 2.45) is 11.8 Å². The summed E-state index contributed by atoms with van der Waals surface area (Å²) in [6.07, 6.45) is 4.42. The first-order chi connectivity index (χ1) is 10.7. The molecule has 1 heterocycles. The highest BCUT2D eigenvalue weighted by molar-refractivity contribution is 5.85. The lowest BCUT2D eigenvalue weighted by Gasteiger charge is -2.27. The Morgan fingerprint density at radius 1 is 1.30 bits per heavy atom. The van der Waals surface area contributed by atoms with Crippen LogP contribution in [0.5, 0.6) is 5.75 Å². The predicted molar refractivity (Wildman–Crippen MR) is 93.9 cm³/mol. The summed E-state index contributed by atoms with van der Waals surface area (Å²) in [5.74, 6) is 1.95. The third-order valence-corrected chi connectivity index (χ3v) is 4.59. The molecule has 1 saturated carbocycles. The van der Waals surface area contributed by atoms with Gasteiger partial charge in [-0.05, 0) is 51.1 Å². The van der Waals surface area contributed by atoms with E-state index in [1.165, 1.54) is 12.8 Å². The zero-order valence-electron chi connectivity index (χ0n) is 13.7.